The van der Waals surface area contributed by atoms with E-state index < -0.39 is 0 Å². The lowest BCUT2D eigenvalue weighted by Crippen LogP contribution is -2.45. The van der Waals surface area contributed by atoms with Gasteiger partial charge in [-0.1, -0.05) is 44.2 Å². The molecule has 1 aliphatic heterocycles. The number of thioether (sulfide) groups is 1. The van der Waals surface area contributed by atoms with Crippen LogP contribution >= 0.6 is 11.8 Å². The monoisotopic (exact) mass is 349 g/mol. The van der Waals surface area contributed by atoms with Crippen LogP contribution in [0.2, 0.25) is 0 Å². The predicted octanol–water partition coefficient (Wildman–Crippen LogP) is 4.16. The van der Waals surface area contributed by atoms with Gasteiger partial charge in [0.1, 0.15) is 0 Å². The van der Waals surface area contributed by atoms with Gasteiger partial charge in [0.2, 0.25) is 5.91 Å². The van der Waals surface area contributed by atoms with Crippen LogP contribution in [0.5, 0.6) is 0 Å². The van der Waals surface area contributed by atoms with Crippen LogP contribution in [0, 0.1) is 0 Å². The second kappa shape index (κ2) is 8.39. The number of nitrogens with one attached hydrogen (secondary N) is 1. The van der Waals surface area contributed by atoms with Gasteiger partial charge in [0.25, 0.3) is 0 Å². The van der Waals surface area contributed by atoms with Gasteiger partial charge in [-0.2, -0.15) is 0 Å². The molecule has 24 heavy (non-hydrogen) atoms. The lowest BCUT2D eigenvalue weighted by Gasteiger charge is -2.45. The summed E-state index contributed by atoms with van der Waals surface area (Å²) in [5.41, 5.74) is 1.33. The van der Waals surface area contributed by atoms with E-state index in [1.165, 1.54) is 5.56 Å². The number of benzene rings is 1. The first kappa shape index (κ1) is 19.3. The Balaban J connectivity index is 2.01. The Kier molecular flexibility index (Phi) is 6.76. The molecule has 0 spiro atoms. The number of hydrogen-bond acceptors (Lipinski definition) is 3. The minimum Gasteiger partial charge on any atom is -0.376 e. The Labute approximate surface area is 150 Å². The standard InChI is InChI=1S/C20H31NO2S/c1-16(2)24-14-18(22)21-12-10-20(17-8-6-5-7-9-17)11-13-23-19(3,4)15-20/h5-9,16H,10-15H2,1-4H3,(H,21,22)/t20-/m1/s1. The molecule has 1 heterocycles. The molecule has 4 heteroatoms. The molecule has 1 amide bonds. The van der Waals surface area contributed by atoms with E-state index in [1.807, 2.05) is 0 Å². The van der Waals surface area contributed by atoms with Crippen molar-refractivity contribution in [1.82, 2.24) is 5.32 Å². The van der Waals surface area contributed by atoms with Crippen LogP contribution in [0.4, 0.5) is 0 Å². The van der Waals surface area contributed by atoms with Crippen LogP contribution in [0.25, 0.3) is 0 Å². The van der Waals surface area contributed by atoms with E-state index >= 15 is 0 Å². The molecule has 134 valence electrons. The van der Waals surface area contributed by atoms with Crippen LogP contribution in [0.15, 0.2) is 30.3 Å². The summed E-state index contributed by atoms with van der Waals surface area (Å²) < 4.78 is 5.94. The van der Waals surface area contributed by atoms with E-state index in [4.69, 9.17) is 4.74 Å². The number of rotatable bonds is 7. The molecule has 0 bridgehead atoms. The summed E-state index contributed by atoms with van der Waals surface area (Å²) in [6.45, 7) is 10.1. The van der Waals surface area contributed by atoms with Gasteiger partial charge < -0.3 is 10.1 Å². The second-order valence-electron chi connectivity index (χ2n) is 7.64. The Morgan fingerprint density at radius 2 is 2.00 bits per heavy atom. The van der Waals surface area contributed by atoms with Crippen molar-refractivity contribution in [1.29, 1.82) is 0 Å². The summed E-state index contributed by atoms with van der Waals surface area (Å²) in [4.78, 5) is 12.0. The molecule has 3 nitrogen and oxygen atoms in total. The van der Waals surface area contributed by atoms with Crippen molar-refractivity contribution in [2.24, 2.45) is 0 Å². The van der Waals surface area contributed by atoms with Crippen molar-refractivity contribution < 1.29 is 9.53 Å². The topological polar surface area (TPSA) is 38.3 Å². The van der Waals surface area contributed by atoms with Gasteiger partial charge in [-0.15, -0.1) is 11.8 Å². The number of amides is 1. The van der Waals surface area contributed by atoms with Gasteiger partial charge in [-0.3, -0.25) is 4.79 Å². The number of ether oxygens (including phenoxy) is 1. The van der Waals surface area contributed by atoms with Gasteiger partial charge in [-0.25, -0.2) is 0 Å². The normalized spacial score (nSPS) is 23.2. The highest BCUT2D eigenvalue weighted by Gasteiger charge is 2.41. The quantitative estimate of drug-likeness (QED) is 0.803. The lowest BCUT2D eigenvalue weighted by molar-refractivity contribution is -0.118. The molecule has 0 radical (unpaired) electrons. The van der Waals surface area contributed by atoms with Crippen LogP contribution in [0.1, 0.15) is 52.5 Å². The molecule has 1 atom stereocenters. The Morgan fingerprint density at radius 3 is 2.62 bits per heavy atom. The zero-order chi connectivity index (χ0) is 17.6. The Hall–Kier alpha value is -1.00. The molecule has 0 aliphatic carbocycles. The third-order valence-corrected chi connectivity index (χ3v) is 5.79. The molecule has 0 unspecified atom stereocenters. The highest BCUT2D eigenvalue weighted by atomic mass is 32.2. The molecule has 1 aromatic carbocycles. The van der Waals surface area contributed by atoms with Gasteiger partial charge in [0.05, 0.1) is 11.4 Å². The third-order valence-electron chi connectivity index (χ3n) is 4.70. The van der Waals surface area contributed by atoms with Gasteiger partial charge >= 0.3 is 0 Å². The van der Waals surface area contributed by atoms with Crippen LogP contribution in [-0.4, -0.2) is 35.7 Å². The molecule has 0 aromatic heterocycles. The molecular formula is C20H31NO2S. The van der Waals surface area contributed by atoms with Gasteiger partial charge in [-0.05, 0) is 43.9 Å². The number of hydrogen-bond donors (Lipinski definition) is 1. The largest absolute Gasteiger partial charge is 0.376 e. The average Bonchev–Trinajstić information content (AvgIpc) is 2.53. The Bertz CT molecular complexity index is 530. The molecule has 0 saturated carbocycles. The van der Waals surface area contributed by atoms with E-state index in [0.717, 1.165) is 32.4 Å². The van der Waals surface area contributed by atoms with Crippen LogP contribution in [0.3, 0.4) is 0 Å². The maximum absolute atomic E-state index is 12.0. The van der Waals surface area contributed by atoms with Crippen molar-refractivity contribution in [2.45, 2.75) is 63.2 Å². The predicted molar refractivity (Wildman–Crippen MR) is 103 cm³/mol. The molecule has 1 fully saturated rings. The fourth-order valence-electron chi connectivity index (χ4n) is 3.61. The number of carbonyl (C=O) groups is 1. The minimum absolute atomic E-state index is 0.0848. The van der Waals surface area contributed by atoms with E-state index in [2.05, 4.69) is 63.3 Å². The first-order chi connectivity index (χ1) is 11.3. The molecule has 1 aliphatic rings. The van der Waals surface area contributed by atoms with Crippen molar-refractivity contribution >= 4 is 17.7 Å². The summed E-state index contributed by atoms with van der Waals surface area (Å²) in [7, 11) is 0. The van der Waals surface area contributed by atoms with Gasteiger partial charge in [0, 0.05) is 18.6 Å². The molecule has 2 rings (SSSR count). The summed E-state index contributed by atoms with van der Waals surface area (Å²) in [5.74, 6) is 0.688. The van der Waals surface area contributed by atoms with Gasteiger partial charge in [0.15, 0.2) is 0 Å². The summed E-state index contributed by atoms with van der Waals surface area (Å²) in [5, 5.41) is 3.60. The maximum Gasteiger partial charge on any atom is 0.230 e. The summed E-state index contributed by atoms with van der Waals surface area (Å²) in [6, 6.07) is 10.7. The molecule has 1 N–H and O–H groups in total. The zero-order valence-electron chi connectivity index (χ0n) is 15.4. The van der Waals surface area contributed by atoms with Crippen LogP contribution < -0.4 is 5.32 Å². The summed E-state index contributed by atoms with van der Waals surface area (Å²) >= 11 is 1.69. The van der Waals surface area contributed by atoms with E-state index in [0.29, 0.717) is 11.0 Å². The molecule has 1 aromatic rings. The first-order valence-electron chi connectivity index (χ1n) is 8.91. The minimum atomic E-state index is -0.119. The Morgan fingerprint density at radius 1 is 1.29 bits per heavy atom. The average molecular weight is 350 g/mol. The third kappa shape index (κ3) is 5.52. The molecule has 1 saturated heterocycles. The lowest BCUT2D eigenvalue weighted by atomic mass is 9.67. The summed E-state index contributed by atoms with van der Waals surface area (Å²) in [6.07, 6.45) is 2.96. The van der Waals surface area contributed by atoms with E-state index in [1.54, 1.807) is 11.8 Å². The maximum atomic E-state index is 12.0. The molecular weight excluding hydrogens is 318 g/mol. The van der Waals surface area contributed by atoms with Crippen molar-refractivity contribution in [3.63, 3.8) is 0 Å². The fraction of sp³-hybridized carbons (Fsp3) is 0.650. The van der Waals surface area contributed by atoms with Crippen molar-refractivity contribution in [3.05, 3.63) is 35.9 Å². The van der Waals surface area contributed by atoms with Crippen molar-refractivity contribution in [3.8, 4) is 0 Å². The second-order valence-corrected chi connectivity index (χ2v) is 9.21. The fourth-order valence-corrected chi connectivity index (χ4v) is 4.19. The van der Waals surface area contributed by atoms with Crippen molar-refractivity contribution in [2.75, 3.05) is 18.9 Å². The number of carbonyl (C=O) groups excluding carboxylic acids is 1. The highest BCUT2D eigenvalue weighted by molar-refractivity contribution is 8.00. The first-order valence-corrected chi connectivity index (χ1v) is 9.96. The highest BCUT2D eigenvalue weighted by Crippen LogP contribution is 2.43. The van der Waals surface area contributed by atoms with Crippen LogP contribution in [-0.2, 0) is 14.9 Å². The van der Waals surface area contributed by atoms with E-state index in [-0.39, 0.29) is 16.9 Å². The zero-order valence-corrected chi connectivity index (χ0v) is 16.2. The SMILES string of the molecule is CC(C)SCC(=O)NCC[C@@]1(c2ccccc2)CCOC(C)(C)C1. The smallest absolute Gasteiger partial charge is 0.230 e. The van der Waals surface area contributed by atoms with E-state index in [9.17, 15) is 4.79 Å².